The molecule has 1 aromatic heterocycles. The van der Waals surface area contributed by atoms with Gasteiger partial charge in [-0.05, 0) is 30.9 Å². The van der Waals surface area contributed by atoms with Gasteiger partial charge in [-0.1, -0.05) is 19.8 Å². The fourth-order valence-electron chi connectivity index (χ4n) is 2.51. The lowest BCUT2D eigenvalue weighted by Crippen LogP contribution is -2.15. The summed E-state index contributed by atoms with van der Waals surface area (Å²) >= 11 is 1.48. The van der Waals surface area contributed by atoms with E-state index in [1.165, 1.54) is 18.2 Å². The first-order valence-corrected chi connectivity index (χ1v) is 7.70. The SMILES string of the molecule is CNc1cc(C(F)(F)F)cc(SC2CCCC(C)C2)n1. The first-order valence-electron chi connectivity index (χ1n) is 6.82. The molecule has 0 aliphatic heterocycles. The normalized spacial score (nSPS) is 23.6. The Bertz CT molecular complexity index is 462. The summed E-state index contributed by atoms with van der Waals surface area (Å²) in [5.41, 5.74) is -0.636. The Morgan fingerprint density at radius 2 is 2.05 bits per heavy atom. The van der Waals surface area contributed by atoms with Crippen LogP contribution in [0.1, 0.15) is 38.2 Å². The molecule has 1 fully saturated rings. The second-order valence-corrected chi connectivity index (χ2v) is 6.66. The van der Waals surface area contributed by atoms with Crippen LogP contribution in [0.5, 0.6) is 0 Å². The average molecular weight is 304 g/mol. The molecule has 2 nitrogen and oxygen atoms in total. The van der Waals surface area contributed by atoms with Crippen LogP contribution in [0.2, 0.25) is 0 Å². The number of thioether (sulfide) groups is 1. The lowest BCUT2D eigenvalue weighted by atomic mass is 9.91. The highest BCUT2D eigenvalue weighted by atomic mass is 32.2. The van der Waals surface area contributed by atoms with Crippen molar-refractivity contribution < 1.29 is 13.2 Å². The number of rotatable bonds is 3. The Balaban J connectivity index is 2.18. The van der Waals surface area contributed by atoms with Crippen molar-refractivity contribution in [1.82, 2.24) is 4.98 Å². The Labute approximate surface area is 121 Å². The Morgan fingerprint density at radius 3 is 2.65 bits per heavy atom. The third-order valence-corrected chi connectivity index (χ3v) is 4.77. The third kappa shape index (κ3) is 4.04. The molecular weight excluding hydrogens is 285 g/mol. The van der Waals surface area contributed by atoms with Gasteiger partial charge in [-0.25, -0.2) is 4.98 Å². The number of halogens is 3. The van der Waals surface area contributed by atoms with Gasteiger partial charge in [0.1, 0.15) is 5.82 Å². The van der Waals surface area contributed by atoms with Gasteiger partial charge in [0.25, 0.3) is 0 Å². The molecule has 1 heterocycles. The third-order valence-electron chi connectivity index (χ3n) is 3.56. The van der Waals surface area contributed by atoms with Gasteiger partial charge in [0.15, 0.2) is 0 Å². The lowest BCUT2D eigenvalue weighted by Gasteiger charge is -2.26. The summed E-state index contributed by atoms with van der Waals surface area (Å²) in [7, 11) is 1.58. The average Bonchev–Trinajstić information content (AvgIpc) is 2.37. The summed E-state index contributed by atoms with van der Waals surface area (Å²) in [6, 6.07) is 2.21. The molecule has 0 saturated heterocycles. The van der Waals surface area contributed by atoms with Gasteiger partial charge in [-0.3, -0.25) is 0 Å². The van der Waals surface area contributed by atoms with E-state index >= 15 is 0 Å². The van der Waals surface area contributed by atoms with Crippen molar-refractivity contribution in [2.75, 3.05) is 12.4 Å². The summed E-state index contributed by atoms with van der Waals surface area (Å²) in [4.78, 5) is 4.24. The second-order valence-electron chi connectivity index (χ2n) is 5.34. The minimum atomic E-state index is -4.33. The summed E-state index contributed by atoms with van der Waals surface area (Å²) in [6.45, 7) is 2.20. The van der Waals surface area contributed by atoms with Crippen molar-refractivity contribution in [3.05, 3.63) is 17.7 Å². The Kier molecular flexibility index (Phi) is 4.83. The molecule has 0 spiro atoms. The smallest absolute Gasteiger partial charge is 0.373 e. The quantitative estimate of drug-likeness (QED) is 0.867. The van der Waals surface area contributed by atoms with Gasteiger partial charge < -0.3 is 5.32 Å². The molecule has 1 aliphatic carbocycles. The minimum Gasteiger partial charge on any atom is -0.373 e. The highest BCUT2D eigenvalue weighted by Gasteiger charge is 2.32. The number of nitrogens with one attached hydrogen (secondary N) is 1. The van der Waals surface area contributed by atoms with Gasteiger partial charge >= 0.3 is 6.18 Å². The van der Waals surface area contributed by atoms with E-state index in [0.717, 1.165) is 31.4 Å². The Hall–Kier alpha value is -0.910. The molecule has 0 aromatic carbocycles. The highest BCUT2D eigenvalue weighted by molar-refractivity contribution is 7.99. The van der Waals surface area contributed by atoms with Crippen LogP contribution < -0.4 is 5.32 Å². The van der Waals surface area contributed by atoms with Crippen molar-refractivity contribution in [3.8, 4) is 0 Å². The van der Waals surface area contributed by atoms with E-state index in [9.17, 15) is 13.2 Å². The summed E-state index contributed by atoms with van der Waals surface area (Å²) in [5.74, 6) is 0.919. The minimum absolute atomic E-state index is 0.270. The second kappa shape index (κ2) is 6.24. The molecule has 2 unspecified atom stereocenters. The maximum Gasteiger partial charge on any atom is 0.416 e. The van der Waals surface area contributed by atoms with Crippen LogP contribution in [-0.2, 0) is 6.18 Å². The molecule has 112 valence electrons. The van der Waals surface area contributed by atoms with E-state index in [4.69, 9.17) is 0 Å². The molecule has 1 saturated carbocycles. The van der Waals surface area contributed by atoms with E-state index in [-0.39, 0.29) is 5.82 Å². The van der Waals surface area contributed by atoms with Crippen LogP contribution in [-0.4, -0.2) is 17.3 Å². The van der Waals surface area contributed by atoms with E-state index in [0.29, 0.717) is 16.2 Å². The van der Waals surface area contributed by atoms with Crippen LogP contribution in [0.4, 0.5) is 19.0 Å². The predicted molar refractivity (Wildman–Crippen MR) is 76.1 cm³/mol. The number of nitrogens with zero attached hydrogens (tertiary/aromatic N) is 1. The van der Waals surface area contributed by atoms with Crippen molar-refractivity contribution in [2.45, 2.75) is 49.1 Å². The van der Waals surface area contributed by atoms with Gasteiger partial charge in [0.05, 0.1) is 10.6 Å². The summed E-state index contributed by atoms with van der Waals surface area (Å²) in [5, 5.41) is 3.54. The lowest BCUT2D eigenvalue weighted by molar-refractivity contribution is -0.137. The standard InChI is InChI=1S/C14H19F3N2S/c1-9-4-3-5-11(6-9)20-13-8-10(14(15,16)17)7-12(18-2)19-13/h7-9,11H,3-6H2,1-2H3,(H,18,19). The van der Waals surface area contributed by atoms with Crippen LogP contribution >= 0.6 is 11.8 Å². The maximum atomic E-state index is 12.9. The van der Waals surface area contributed by atoms with Crippen molar-refractivity contribution in [3.63, 3.8) is 0 Å². The monoisotopic (exact) mass is 304 g/mol. The molecule has 0 amide bonds. The van der Waals surface area contributed by atoms with Gasteiger partial charge in [0.2, 0.25) is 0 Å². The molecule has 0 bridgehead atoms. The number of hydrogen-bond donors (Lipinski definition) is 1. The van der Waals surface area contributed by atoms with Crippen molar-refractivity contribution >= 4 is 17.6 Å². The molecule has 0 radical (unpaired) electrons. The van der Waals surface area contributed by atoms with E-state index in [2.05, 4.69) is 17.2 Å². The zero-order valence-corrected chi connectivity index (χ0v) is 12.4. The zero-order valence-electron chi connectivity index (χ0n) is 11.6. The summed E-state index contributed by atoms with van der Waals surface area (Å²) in [6.07, 6.45) is 0.147. The number of alkyl halides is 3. The van der Waals surface area contributed by atoms with Gasteiger partial charge in [-0.2, -0.15) is 13.2 Å². The predicted octanol–water partition coefficient (Wildman–Crippen LogP) is 4.81. The zero-order chi connectivity index (χ0) is 14.8. The van der Waals surface area contributed by atoms with Crippen LogP contribution in [0, 0.1) is 5.92 Å². The maximum absolute atomic E-state index is 12.9. The summed E-state index contributed by atoms with van der Waals surface area (Å²) < 4.78 is 38.6. The van der Waals surface area contributed by atoms with Crippen LogP contribution in [0.3, 0.4) is 0 Å². The number of anilines is 1. The largest absolute Gasteiger partial charge is 0.416 e. The molecule has 1 N–H and O–H groups in total. The van der Waals surface area contributed by atoms with Crippen LogP contribution in [0.25, 0.3) is 0 Å². The van der Waals surface area contributed by atoms with Crippen molar-refractivity contribution in [2.24, 2.45) is 5.92 Å². The number of aromatic nitrogens is 1. The van der Waals surface area contributed by atoms with Gasteiger partial charge in [0, 0.05) is 12.3 Å². The van der Waals surface area contributed by atoms with E-state index in [1.54, 1.807) is 7.05 Å². The highest BCUT2D eigenvalue weighted by Crippen LogP contribution is 2.38. The number of hydrogen-bond acceptors (Lipinski definition) is 3. The van der Waals surface area contributed by atoms with Gasteiger partial charge in [-0.15, -0.1) is 11.8 Å². The molecule has 20 heavy (non-hydrogen) atoms. The molecule has 6 heteroatoms. The van der Waals surface area contributed by atoms with Crippen molar-refractivity contribution in [1.29, 1.82) is 0 Å². The fourth-order valence-corrected chi connectivity index (χ4v) is 3.91. The van der Waals surface area contributed by atoms with Crippen LogP contribution in [0.15, 0.2) is 17.2 Å². The molecule has 2 rings (SSSR count). The molecule has 1 aliphatic rings. The van der Waals surface area contributed by atoms with E-state index in [1.807, 2.05) is 0 Å². The molecular formula is C14H19F3N2S. The molecule has 1 aromatic rings. The fraction of sp³-hybridized carbons (Fsp3) is 0.643. The molecule has 2 atom stereocenters. The topological polar surface area (TPSA) is 24.9 Å². The number of pyridine rings is 1. The first kappa shape index (κ1) is 15.5. The Morgan fingerprint density at radius 1 is 1.30 bits per heavy atom. The van der Waals surface area contributed by atoms with E-state index < -0.39 is 11.7 Å². The first-order chi connectivity index (χ1) is 9.38.